The minimum atomic E-state index is -0.161. The van der Waals surface area contributed by atoms with Crippen LogP contribution in [0.15, 0.2) is 30.6 Å². The van der Waals surface area contributed by atoms with Crippen LogP contribution in [0.25, 0.3) is 0 Å². The topological polar surface area (TPSA) is 80.1 Å². The standard InChI is InChI=1S/C19H25N5O2/c1-3-11-23(4-2)19(26)15-9-7-14(8-10-15)18(25)21-16-6-5-12-24-13-20-22-17(16)24/h7-10,13,16H,3-6,11-12H2,1-2H3,(H,21,25). The Morgan fingerprint density at radius 1 is 1.23 bits per heavy atom. The summed E-state index contributed by atoms with van der Waals surface area (Å²) in [6, 6.07) is 6.73. The van der Waals surface area contributed by atoms with Gasteiger partial charge in [0.1, 0.15) is 6.33 Å². The smallest absolute Gasteiger partial charge is 0.253 e. The molecule has 1 unspecified atom stereocenters. The molecule has 26 heavy (non-hydrogen) atoms. The molecule has 1 atom stereocenters. The summed E-state index contributed by atoms with van der Waals surface area (Å²) in [5.41, 5.74) is 1.14. The normalized spacial score (nSPS) is 16.0. The van der Waals surface area contributed by atoms with Gasteiger partial charge in [-0.25, -0.2) is 0 Å². The van der Waals surface area contributed by atoms with Crippen molar-refractivity contribution < 1.29 is 9.59 Å². The van der Waals surface area contributed by atoms with E-state index >= 15 is 0 Å². The van der Waals surface area contributed by atoms with Gasteiger partial charge in [-0.15, -0.1) is 10.2 Å². The lowest BCUT2D eigenvalue weighted by Gasteiger charge is -2.23. The maximum Gasteiger partial charge on any atom is 0.253 e. The van der Waals surface area contributed by atoms with Crippen LogP contribution < -0.4 is 5.32 Å². The summed E-state index contributed by atoms with van der Waals surface area (Å²) in [6.07, 6.45) is 4.45. The fourth-order valence-corrected chi connectivity index (χ4v) is 3.30. The van der Waals surface area contributed by atoms with Crippen LogP contribution in [0.4, 0.5) is 0 Å². The highest BCUT2D eigenvalue weighted by Gasteiger charge is 2.24. The highest BCUT2D eigenvalue weighted by molar-refractivity contribution is 5.97. The molecule has 0 saturated heterocycles. The molecule has 7 nitrogen and oxygen atoms in total. The number of hydrogen-bond donors (Lipinski definition) is 1. The molecule has 0 saturated carbocycles. The average molecular weight is 355 g/mol. The van der Waals surface area contributed by atoms with E-state index in [2.05, 4.69) is 22.4 Å². The van der Waals surface area contributed by atoms with Crippen molar-refractivity contribution in [1.82, 2.24) is 25.0 Å². The molecule has 2 amide bonds. The number of carbonyl (C=O) groups excluding carboxylic acids is 2. The van der Waals surface area contributed by atoms with E-state index in [4.69, 9.17) is 0 Å². The van der Waals surface area contributed by atoms with Crippen molar-refractivity contribution in [1.29, 1.82) is 0 Å². The molecule has 2 aromatic rings. The van der Waals surface area contributed by atoms with E-state index in [1.807, 2.05) is 16.4 Å². The van der Waals surface area contributed by atoms with Gasteiger partial charge < -0.3 is 14.8 Å². The first-order valence-corrected chi connectivity index (χ1v) is 9.22. The second-order valence-electron chi connectivity index (χ2n) is 6.51. The van der Waals surface area contributed by atoms with Crippen molar-refractivity contribution in [2.75, 3.05) is 13.1 Å². The Morgan fingerprint density at radius 3 is 2.65 bits per heavy atom. The zero-order valence-electron chi connectivity index (χ0n) is 15.3. The van der Waals surface area contributed by atoms with Gasteiger partial charge in [-0.05, 0) is 50.5 Å². The highest BCUT2D eigenvalue weighted by Crippen LogP contribution is 2.23. The van der Waals surface area contributed by atoms with E-state index in [0.29, 0.717) is 17.7 Å². The Hall–Kier alpha value is -2.70. The largest absolute Gasteiger partial charge is 0.342 e. The van der Waals surface area contributed by atoms with Crippen LogP contribution in [-0.2, 0) is 6.54 Å². The van der Waals surface area contributed by atoms with Crippen LogP contribution in [-0.4, -0.2) is 44.6 Å². The molecule has 138 valence electrons. The molecule has 0 aliphatic carbocycles. The molecule has 1 N–H and O–H groups in total. The number of nitrogens with zero attached hydrogens (tertiary/aromatic N) is 4. The van der Waals surface area contributed by atoms with Gasteiger partial charge in [-0.2, -0.15) is 0 Å². The SMILES string of the molecule is CCCN(CC)C(=O)c1ccc(C(=O)NC2CCCn3cnnc32)cc1. The van der Waals surface area contributed by atoms with Crippen molar-refractivity contribution >= 4 is 11.8 Å². The average Bonchev–Trinajstić information content (AvgIpc) is 3.15. The number of aromatic nitrogens is 3. The maximum absolute atomic E-state index is 12.6. The van der Waals surface area contributed by atoms with Crippen LogP contribution in [0.2, 0.25) is 0 Å². The zero-order valence-corrected chi connectivity index (χ0v) is 15.3. The molecule has 0 radical (unpaired) electrons. The van der Waals surface area contributed by atoms with E-state index in [-0.39, 0.29) is 17.9 Å². The predicted molar refractivity (Wildman–Crippen MR) is 97.8 cm³/mol. The number of fused-ring (bicyclic) bond motifs is 1. The molecule has 0 spiro atoms. The van der Waals surface area contributed by atoms with E-state index < -0.39 is 0 Å². The van der Waals surface area contributed by atoms with Gasteiger partial charge in [0.05, 0.1) is 6.04 Å². The lowest BCUT2D eigenvalue weighted by Crippen LogP contribution is -2.33. The Balaban J connectivity index is 1.67. The Kier molecular flexibility index (Phi) is 5.65. The van der Waals surface area contributed by atoms with Gasteiger partial charge in [-0.1, -0.05) is 6.92 Å². The zero-order chi connectivity index (χ0) is 18.5. The predicted octanol–water partition coefficient (Wildman–Crippen LogP) is 2.42. The molecule has 1 aliphatic rings. The van der Waals surface area contributed by atoms with Crippen molar-refractivity contribution in [3.05, 3.63) is 47.5 Å². The van der Waals surface area contributed by atoms with Gasteiger partial charge in [-0.3, -0.25) is 9.59 Å². The second-order valence-corrected chi connectivity index (χ2v) is 6.51. The summed E-state index contributed by atoms with van der Waals surface area (Å²) in [7, 11) is 0. The molecule has 7 heteroatoms. The lowest BCUT2D eigenvalue weighted by molar-refractivity contribution is 0.0763. The number of carbonyl (C=O) groups is 2. The number of nitrogens with one attached hydrogen (secondary N) is 1. The van der Waals surface area contributed by atoms with Crippen LogP contribution in [0.1, 0.15) is 65.7 Å². The number of amides is 2. The molecule has 2 heterocycles. The third-order valence-electron chi connectivity index (χ3n) is 4.71. The first-order valence-electron chi connectivity index (χ1n) is 9.22. The lowest BCUT2D eigenvalue weighted by atomic mass is 10.1. The molecule has 1 aromatic heterocycles. The molecular formula is C19H25N5O2. The summed E-state index contributed by atoms with van der Waals surface area (Å²) in [6.45, 7) is 6.32. The number of aryl methyl sites for hydroxylation is 1. The Morgan fingerprint density at radius 2 is 1.96 bits per heavy atom. The summed E-state index contributed by atoms with van der Waals surface area (Å²) in [5.74, 6) is 0.641. The number of rotatable bonds is 6. The van der Waals surface area contributed by atoms with Crippen LogP contribution >= 0.6 is 0 Å². The summed E-state index contributed by atoms with van der Waals surface area (Å²) >= 11 is 0. The third kappa shape index (κ3) is 3.76. The Bertz CT molecular complexity index is 768. The Labute approximate surface area is 153 Å². The maximum atomic E-state index is 12.6. The fraction of sp³-hybridized carbons (Fsp3) is 0.474. The van der Waals surface area contributed by atoms with Gasteiger partial charge in [0.15, 0.2) is 5.82 Å². The summed E-state index contributed by atoms with van der Waals surface area (Å²) in [4.78, 5) is 26.8. The van der Waals surface area contributed by atoms with E-state index in [9.17, 15) is 9.59 Å². The van der Waals surface area contributed by atoms with Crippen molar-refractivity contribution in [2.24, 2.45) is 0 Å². The van der Waals surface area contributed by atoms with Crippen molar-refractivity contribution in [3.63, 3.8) is 0 Å². The van der Waals surface area contributed by atoms with Gasteiger partial charge in [0.25, 0.3) is 11.8 Å². The third-order valence-corrected chi connectivity index (χ3v) is 4.71. The molecule has 1 aliphatic heterocycles. The number of hydrogen-bond acceptors (Lipinski definition) is 4. The molecule has 3 rings (SSSR count). The minimum Gasteiger partial charge on any atom is -0.342 e. The summed E-state index contributed by atoms with van der Waals surface area (Å²) in [5, 5.41) is 11.1. The molecule has 0 fully saturated rings. The van der Waals surface area contributed by atoms with Gasteiger partial charge in [0.2, 0.25) is 0 Å². The first-order chi connectivity index (χ1) is 12.6. The molecular weight excluding hydrogens is 330 g/mol. The first kappa shape index (κ1) is 18.1. The monoisotopic (exact) mass is 355 g/mol. The van der Waals surface area contributed by atoms with Crippen molar-refractivity contribution in [3.8, 4) is 0 Å². The van der Waals surface area contributed by atoms with Crippen molar-refractivity contribution in [2.45, 2.75) is 45.7 Å². The van der Waals surface area contributed by atoms with Crippen LogP contribution in [0.3, 0.4) is 0 Å². The molecule has 1 aromatic carbocycles. The van der Waals surface area contributed by atoms with Gasteiger partial charge in [0, 0.05) is 30.8 Å². The van der Waals surface area contributed by atoms with E-state index in [1.54, 1.807) is 30.6 Å². The van der Waals surface area contributed by atoms with Crippen LogP contribution in [0.5, 0.6) is 0 Å². The van der Waals surface area contributed by atoms with Gasteiger partial charge >= 0.3 is 0 Å². The molecule has 0 bridgehead atoms. The summed E-state index contributed by atoms with van der Waals surface area (Å²) < 4.78 is 1.98. The van der Waals surface area contributed by atoms with E-state index in [1.165, 1.54) is 0 Å². The van der Waals surface area contributed by atoms with E-state index in [0.717, 1.165) is 38.2 Å². The quantitative estimate of drug-likeness (QED) is 0.863. The second kappa shape index (κ2) is 8.12. The minimum absolute atomic E-state index is 0.00157. The number of benzene rings is 1. The van der Waals surface area contributed by atoms with Crippen LogP contribution in [0, 0.1) is 0 Å². The fourth-order valence-electron chi connectivity index (χ4n) is 3.30. The highest BCUT2D eigenvalue weighted by atomic mass is 16.2.